The van der Waals surface area contributed by atoms with E-state index >= 15 is 0 Å². The van der Waals surface area contributed by atoms with Crippen molar-refractivity contribution < 1.29 is 0 Å². The van der Waals surface area contributed by atoms with E-state index in [0.717, 1.165) is 26.1 Å². The molecule has 3 aromatic rings. The minimum Gasteiger partial charge on any atom is -0.367 e. The molecule has 144 valence electrons. The molecule has 2 aliphatic heterocycles. The fraction of sp³-hybridized carbons (Fsp3) is 0.375. The molecule has 1 aromatic heterocycles. The average Bonchev–Trinajstić information content (AvgIpc) is 2.99. The Balaban J connectivity index is 1.29. The van der Waals surface area contributed by atoms with E-state index in [1.54, 1.807) is 0 Å². The number of aromatic nitrogens is 1. The Morgan fingerprint density at radius 2 is 1.64 bits per heavy atom. The zero-order chi connectivity index (χ0) is 18.9. The topological polar surface area (TPSA) is 45.4 Å². The van der Waals surface area contributed by atoms with Crippen LogP contribution in [0.4, 0.5) is 5.69 Å². The summed E-state index contributed by atoms with van der Waals surface area (Å²) in [5.41, 5.74) is 8.99. The number of piperazine rings is 1. The summed E-state index contributed by atoms with van der Waals surface area (Å²) in [6.07, 6.45) is 7.62. The average molecular weight is 373 g/mol. The Morgan fingerprint density at radius 3 is 2.43 bits per heavy atom. The van der Waals surface area contributed by atoms with Crippen molar-refractivity contribution in [2.45, 2.75) is 37.4 Å². The van der Waals surface area contributed by atoms with Gasteiger partial charge in [-0.25, -0.2) is 0 Å². The molecule has 0 unspecified atom stereocenters. The van der Waals surface area contributed by atoms with Crippen molar-refractivity contribution in [2.75, 3.05) is 24.5 Å². The van der Waals surface area contributed by atoms with Gasteiger partial charge < -0.3 is 10.6 Å². The van der Waals surface area contributed by atoms with E-state index in [1.165, 1.54) is 34.9 Å². The first-order valence-corrected chi connectivity index (χ1v) is 10.4. The Morgan fingerprint density at radius 1 is 0.929 bits per heavy atom. The predicted molar refractivity (Wildman–Crippen MR) is 115 cm³/mol. The van der Waals surface area contributed by atoms with Crippen LogP contribution in [0.1, 0.15) is 30.9 Å². The smallest absolute Gasteiger partial charge is 0.0633 e. The molecule has 3 atom stereocenters. The van der Waals surface area contributed by atoms with Gasteiger partial charge in [0.2, 0.25) is 0 Å². The molecule has 0 spiro atoms. The summed E-state index contributed by atoms with van der Waals surface area (Å²) in [6.45, 7) is 3.27. The van der Waals surface area contributed by atoms with E-state index in [9.17, 15) is 0 Å². The molecule has 28 heavy (non-hydrogen) atoms. The van der Waals surface area contributed by atoms with E-state index < -0.39 is 0 Å². The first kappa shape index (κ1) is 17.7. The summed E-state index contributed by atoms with van der Waals surface area (Å²) >= 11 is 0. The highest BCUT2D eigenvalue weighted by Crippen LogP contribution is 2.35. The van der Waals surface area contributed by atoms with Crippen molar-refractivity contribution in [2.24, 2.45) is 5.73 Å². The number of nitrogens with zero attached hydrogens (tertiary/aromatic N) is 3. The second kappa shape index (κ2) is 7.53. The maximum atomic E-state index is 6.46. The zero-order valence-corrected chi connectivity index (χ0v) is 16.2. The highest BCUT2D eigenvalue weighted by molar-refractivity contribution is 5.93. The van der Waals surface area contributed by atoms with Crippen molar-refractivity contribution in [1.29, 1.82) is 0 Å². The third kappa shape index (κ3) is 3.27. The first-order valence-electron chi connectivity index (χ1n) is 10.4. The summed E-state index contributed by atoms with van der Waals surface area (Å²) in [5.74, 6) is 0. The number of anilines is 1. The summed E-state index contributed by atoms with van der Waals surface area (Å²) in [6, 6.07) is 20.5. The molecule has 0 aliphatic carbocycles. The second-order valence-electron chi connectivity index (χ2n) is 8.21. The van der Waals surface area contributed by atoms with Crippen LogP contribution in [0, 0.1) is 0 Å². The molecule has 4 nitrogen and oxygen atoms in total. The van der Waals surface area contributed by atoms with Crippen LogP contribution in [0.5, 0.6) is 0 Å². The standard InChI is InChI=1S/C24H28N4/c25-23(18-6-2-1-3-7-18)12-13-28-20-10-11-21(28)17-27(16-20)24-15-26-14-19-8-4-5-9-22(19)24/h1-9,14-15,20-21,23H,10-13,16-17,25H2/t20-,21+,23-/m0/s1. The summed E-state index contributed by atoms with van der Waals surface area (Å²) in [5, 5.41) is 2.54. The van der Waals surface area contributed by atoms with Gasteiger partial charge in [-0.15, -0.1) is 0 Å². The molecule has 4 heteroatoms. The fourth-order valence-electron chi connectivity index (χ4n) is 5.06. The lowest BCUT2D eigenvalue weighted by atomic mass is 10.0. The van der Waals surface area contributed by atoms with Crippen LogP contribution in [-0.4, -0.2) is 41.6 Å². The quantitative estimate of drug-likeness (QED) is 0.736. The van der Waals surface area contributed by atoms with Gasteiger partial charge in [-0.2, -0.15) is 0 Å². The summed E-state index contributed by atoms with van der Waals surface area (Å²) in [4.78, 5) is 9.78. The van der Waals surface area contributed by atoms with Crippen LogP contribution in [-0.2, 0) is 0 Å². The molecule has 2 bridgehead atoms. The van der Waals surface area contributed by atoms with Crippen LogP contribution in [0.2, 0.25) is 0 Å². The molecular weight excluding hydrogens is 344 g/mol. The number of hydrogen-bond donors (Lipinski definition) is 1. The molecule has 0 radical (unpaired) electrons. The highest BCUT2D eigenvalue weighted by Gasteiger charge is 2.40. The number of nitrogens with two attached hydrogens (primary N) is 1. The molecular formula is C24H28N4. The summed E-state index contributed by atoms with van der Waals surface area (Å²) in [7, 11) is 0. The minimum atomic E-state index is 0.126. The van der Waals surface area contributed by atoms with Crippen LogP contribution in [0.25, 0.3) is 10.8 Å². The van der Waals surface area contributed by atoms with Gasteiger partial charge in [0.25, 0.3) is 0 Å². The van der Waals surface area contributed by atoms with Gasteiger partial charge in [0.05, 0.1) is 11.9 Å². The maximum Gasteiger partial charge on any atom is 0.0633 e. The van der Waals surface area contributed by atoms with Gasteiger partial charge in [0.1, 0.15) is 0 Å². The zero-order valence-electron chi connectivity index (χ0n) is 16.2. The first-order chi connectivity index (χ1) is 13.8. The van der Waals surface area contributed by atoms with Crippen molar-refractivity contribution in [3.63, 3.8) is 0 Å². The number of rotatable bonds is 5. The van der Waals surface area contributed by atoms with Gasteiger partial charge >= 0.3 is 0 Å². The molecule has 2 aliphatic rings. The molecule has 2 N–H and O–H groups in total. The third-order valence-corrected chi connectivity index (χ3v) is 6.55. The van der Waals surface area contributed by atoms with Crippen molar-refractivity contribution in [3.05, 3.63) is 72.6 Å². The van der Waals surface area contributed by atoms with Crippen LogP contribution in [0.15, 0.2) is 67.0 Å². The Hall–Kier alpha value is -2.43. The fourth-order valence-corrected chi connectivity index (χ4v) is 5.06. The van der Waals surface area contributed by atoms with Gasteiger partial charge in [-0.05, 0) is 24.8 Å². The molecule has 2 saturated heterocycles. The monoisotopic (exact) mass is 372 g/mol. The number of pyridine rings is 1. The predicted octanol–water partition coefficient (Wildman–Crippen LogP) is 3.98. The van der Waals surface area contributed by atoms with Crippen molar-refractivity contribution >= 4 is 16.5 Å². The molecule has 2 fully saturated rings. The molecule has 2 aromatic carbocycles. The highest BCUT2D eigenvalue weighted by atomic mass is 15.3. The third-order valence-electron chi connectivity index (χ3n) is 6.55. The lowest BCUT2D eigenvalue weighted by Gasteiger charge is -2.42. The molecule has 3 heterocycles. The Kier molecular flexibility index (Phi) is 4.75. The summed E-state index contributed by atoms with van der Waals surface area (Å²) < 4.78 is 0. The molecule has 0 amide bonds. The van der Waals surface area contributed by atoms with E-state index in [4.69, 9.17) is 5.73 Å². The Labute approximate surface area is 167 Å². The van der Waals surface area contributed by atoms with Crippen LogP contribution < -0.4 is 10.6 Å². The van der Waals surface area contributed by atoms with Crippen LogP contribution in [0.3, 0.4) is 0 Å². The maximum absolute atomic E-state index is 6.46. The van der Waals surface area contributed by atoms with Crippen molar-refractivity contribution in [3.8, 4) is 0 Å². The SMILES string of the molecule is N[C@@H](CCN1[C@@H]2CC[C@H]1CN(c1cncc3ccccc13)C2)c1ccccc1. The van der Waals surface area contributed by atoms with E-state index in [0.29, 0.717) is 12.1 Å². The second-order valence-corrected chi connectivity index (χ2v) is 8.21. The van der Waals surface area contributed by atoms with E-state index in [1.807, 2.05) is 12.4 Å². The van der Waals surface area contributed by atoms with E-state index in [-0.39, 0.29) is 6.04 Å². The molecule has 5 rings (SSSR count). The number of benzene rings is 2. The van der Waals surface area contributed by atoms with Crippen molar-refractivity contribution in [1.82, 2.24) is 9.88 Å². The van der Waals surface area contributed by atoms with Gasteiger partial charge in [0.15, 0.2) is 0 Å². The minimum absolute atomic E-state index is 0.126. The van der Waals surface area contributed by atoms with E-state index in [2.05, 4.69) is 69.4 Å². The molecule has 0 saturated carbocycles. The lowest BCUT2D eigenvalue weighted by molar-refractivity contribution is 0.164. The van der Waals surface area contributed by atoms with Crippen LogP contribution >= 0.6 is 0 Å². The van der Waals surface area contributed by atoms with Gasteiger partial charge in [0, 0.05) is 54.7 Å². The number of fused-ring (bicyclic) bond motifs is 3. The largest absolute Gasteiger partial charge is 0.367 e. The lowest BCUT2D eigenvalue weighted by Crippen LogP contribution is -2.54. The normalized spacial score (nSPS) is 23.2. The number of hydrogen-bond acceptors (Lipinski definition) is 4. The van der Waals surface area contributed by atoms with Gasteiger partial charge in [-0.3, -0.25) is 9.88 Å². The van der Waals surface area contributed by atoms with Gasteiger partial charge in [-0.1, -0.05) is 54.6 Å². The Bertz CT molecular complexity index is 922.